The van der Waals surface area contributed by atoms with Gasteiger partial charge in [-0.05, 0) is 0 Å². The molecule has 26 valence electrons. The first-order chi connectivity index (χ1) is 1.41. The Bertz CT molecular complexity index is 13.5. The first-order valence-electron chi connectivity index (χ1n) is 0.494. The third kappa shape index (κ3) is 14.3. The Labute approximate surface area is 44.1 Å². The molecule has 0 radical (unpaired) electrons. The fourth-order valence-corrected chi connectivity index (χ4v) is 0. The molecule has 0 heterocycles. The minimum atomic E-state index is -1.50. The average Bonchev–Trinajstić information content (AvgIpc) is 0.918. The number of rotatable bonds is 0. The third-order valence-corrected chi connectivity index (χ3v) is 0. The van der Waals surface area contributed by atoms with Gasteiger partial charge in [0.2, 0.25) is 0 Å². The van der Waals surface area contributed by atoms with Crippen molar-refractivity contribution in [2.75, 3.05) is 0 Å². The molecule has 0 aromatic rings. The van der Waals surface area contributed by atoms with Gasteiger partial charge >= 0.3 is 23.4 Å². The topological polar surface area (TPSA) is 37.3 Å². The van der Waals surface area contributed by atoms with Crippen LogP contribution in [-0.2, 0) is 24.2 Å². The molecular formula is HAlO2Pd. The van der Waals surface area contributed by atoms with Gasteiger partial charge in [0.05, 0.1) is 0 Å². The summed E-state index contributed by atoms with van der Waals surface area (Å²) in [6.07, 6.45) is 0. The van der Waals surface area contributed by atoms with Crippen molar-refractivity contribution < 1.29 is 28.4 Å². The van der Waals surface area contributed by atoms with Crippen molar-refractivity contribution in [2.24, 2.45) is 0 Å². The molecule has 4 heteroatoms. The Kier molecular flexibility index (Phi) is 20.3. The average molecular weight is 166 g/mol. The second-order valence-electron chi connectivity index (χ2n) is 0.105. The molecule has 0 aromatic carbocycles. The van der Waals surface area contributed by atoms with E-state index < -0.39 is 15.5 Å². The third-order valence-electron chi connectivity index (χ3n) is 0. The van der Waals surface area contributed by atoms with Gasteiger partial charge in [0, 0.05) is 20.4 Å². The summed E-state index contributed by atoms with van der Waals surface area (Å²) < 4.78 is 15.7. The molecule has 0 rings (SSSR count). The fourth-order valence-electron chi connectivity index (χ4n) is 0. The van der Waals surface area contributed by atoms with Crippen molar-refractivity contribution in [3.05, 3.63) is 0 Å². The normalized spacial score (nSPS) is 2.00. The van der Waals surface area contributed by atoms with Gasteiger partial charge < -0.3 is 0 Å². The monoisotopic (exact) mass is 166 g/mol. The van der Waals surface area contributed by atoms with Crippen LogP contribution in [0.2, 0.25) is 0 Å². The largest absolute Gasteiger partial charge is 0 e. The summed E-state index contributed by atoms with van der Waals surface area (Å²) in [5.41, 5.74) is 0. The molecule has 0 unspecified atom stereocenters. The second kappa shape index (κ2) is 9.20. The zero-order valence-electron chi connectivity index (χ0n) is 1.75. The molecule has 0 aromatic heterocycles. The summed E-state index contributed by atoms with van der Waals surface area (Å²) >= 11 is -1.50. The van der Waals surface area contributed by atoms with E-state index in [1.165, 1.54) is 0 Å². The summed E-state index contributed by atoms with van der Waals surface area (Å²) in [6, 6.07) is 0. The van der Waals surface area contributed by atoms with Crippen LogP contribution in [0.4, 0.5) is 0 Å². The number of hydrogen-bond donors (Lipinski definition) is 1. The van der Waals surface area contributed by atoms with Gasteiger partial charge in [-0.2, -0.15) is 0 Å². The Morgan fingerprint density at radius 1 is 1.75 bits per heavy atom. The van der Waals surface area contributed by atoms with E-state index in [2.05, 4.69) is 0 Å². The van der Waals surface area contributed by atoms with Gasteiger partial charge in [0.1, 0.15) is 0 Å². The molecule has 0 saturated carbocycles. The summed E-state index contributed by atoms with van der Waals surface area (Å²) in [5, 5.41) is 0. The molecule has 0 aliphatic carbocycles. The van der Waals surface area contributed by atoms with Crippen LogP contribution in [0.25, 0.3) is 0 Å². The molecule has 0 saturated heterocycles. The van der Waals surface area contributed by atoms with Crippen molar-refractivity contribution in [1.82, 2.24) is 0 Å². The second-order valence-corrected chi connectivity index (χ2v) is 0.316. The minimum Gasteiger partial charge on any atom is 0 e. The van der Waals surface area contributed by atoms with Crippen molar-refractivity contribution in [2.45, 2.75) is 0 Å². The zero-order valence-corrected chi connectivity index (χ0v) is 4.46. The Balaban J connectivity index is 0. The molecule has 0 atom stereocenters. The van der Waals surface area contributed by atoms with Crippen LogP contribution in [-0.4, -0.2) is 19.6 Å². The maximum atomic E-state index is 8.57. The molecule has 0 spiro atoms. The minimum absolute atomic E-state index is 0. The SMILES string of the molecule is [O]=[Al][OH].[Pd]. The van der Waals surface area contributed by atoms with Crippen molar-refractivity contribution in [3.63, 3.8) is 0 Å². The Morgan fingerprint density at radius 3 is 1.75 bits per heavy atom. The van der Waals surface area contributed by atoms with E-state index in [1.54, 1.807) is 0 Å². The molecule has 1 N–H and O–H groups in total. The van der Waals surface area contributed by atoms with Crippen LogP contribution in [0.1, 0.15) is 0 Å². The first-order valence-corrected chi connectivity index (χ1v) is 1.48. The van der Waals surface area contributed by atoms with E-state index in [-0.39, 0.29) is 20.4 Å². The molecule has 4 heavy (non-hydrogen) atoms. The van der Waals surface area contributed by atoms with E-state index >= 15 is 0 Å². The molecule has 0 fully saturated rings. The van der Waals surface area contributed by atoms with Crippen LogP contribution >= 0.6 is 0 Å². The van der Waals surface area contributed by atoms with Crippen molar-refractivity contribution >= 4 is 15.5 Å². The fraction of sp³-hybridized carbons (Fsp3) is 0. The molecule has 0 aliphatic rings. The van der Waals surface area contributed by atoms with Gasteiger partial charge in [0.25, 0.3) is 0 Å². The Morgan fingerprint density at radius 2 is 1.75 bits per heavy atom. The van der Waals surface area contributed by atoms with Gasteiger partial charge in [-0.15, -0.1) is 0 Å². The van der Waals surface area contributed by atoms with Crippen LogP contribution in [0.5, 0.6) is 0 Å². The van der Waals surface area contributed by atoms with E-state index in [9.17, 15) is 0 Å². The molecule has 0 aliphatic heterocycles. The summed E-state index contributed by atoms with van der Waals surface area (Å²) in [7, 11) is 0. The predicted molar refractivity (Wildman–Crippen MR) is 8.66 cm³/mol. The van der Waals surface area contributed by atoms with Gasteiger partial charge in [-0.3, -0.25) is 0 Å². The zero-order chi connectivity index (χ0) is 2.71. The quantitative estimate of drug-likeness (QED) is 0.466. The maximum Gasteiger partial charge on any atom is 0 e. The maximum absolute atomic E-state index is 8.57. The summed E-state index contributed by atoms with van der Waals surface area (Å²) in [4.78, 5) is 0. The van der Waals surface area contributed by atoms with Crippen LogP contribution in [0.3, 0.4) is 0 Å². The predicted octanol–water partition coefficient (Wildman–Crippen LogP) is -1.06. The number of hydrogen-bond acceptors (Lipinski definition) is 1. The molecular weight excluding hydrogens is 165 g/mol. The van der Waals surface area contributed by atoms with Gasteiger partial charge in [-0.1, -0.05) is 0 Å². The Hall–Kier alpha value is 0.795. The molecule has 0 amide bonds. The van der Waals surface area contributed by atoms with E-state index in [4.69, 9.17) is 7.96 Å². The van der Waals surface area contributed by atoms with Crippen LogP contribution in [0.15, 0.2) is 0 Å². The van der Waals surface area contributed by atoms with Gasteiger partial charge in [0.15, 0.2) is 0 Å². The van der Waals surface area contributed by atoms with Crippen molar-refractivity contribution in [1.29, 1.82) is 0 Å². The van der Waals surface area contributed by atoms with E-state index in [1.807, 2.05) is 0 Å². The van der Waals surface area contributed by atoms with E-state index in [0.717, 1.165) is 0 Å². The first kappa shape index (κ1) is 8.84. The summed E-state index contributed by atoms with van der Waals surface area (Å²) in [6.45, 7) is 0. The van der Waals surface area contributed by atoms with Crippen LogP contribution in [0, 0.1) is 0 Å². The molecule has 2 nitrogen and oxygen atoms in total. The smallest absolute Gasteiger partial charge is 0 e. The van der Waals surface area contributed by atoms with Crippen LogP contribution < -0.4 is 0 Å². The standard InChI is InChI=1S/Al.H2O.O.Pd/h;1H2;;/q+1;;;/p-1. The summed E-state index contributed by atoms with van der Waals surface area (Å²) in [5.74, 6) is 0. The van der Waals surface area contributed by atoms with Crippen molar-refractivity contribution in [3.8, 4) is 0 Å². The van der Waals surface area contributed by atoms with Gasteiger partial charge in [-0.25, -0.2) is 0 Å². The van der Waals surface area contributed by atoms with E-state index in [0.29, 0.717) is 0 Å². The molecule has 0 bridgehead atoms.